The minimum Gasteiger partial charge on any atom is -0.477 e. The van der Waals surface area contributed by atoms with E-state index in [1.807, 2.05) is 24.3 Å². The van der Waals surface area contributed by atoms with E-state index < -0.39 is 5.97 Å². The lowest BCUT2D eigenvalue weighted by Gasteiger charge is -2.10. The molecular weight excluding hydrogens is 268 g/mol. The van der Waals surface area contributed by atoms with Crippen LogP contribution in [0, 0.1) is 5.92 Å². The van der Waals surface area contributed by atoms with E-state index in [2.05, 4.69) is 10.3 Å². The summed E-state index contributed by atoms with van der Waals surface area (Å²) in [7, 11) is 0. The summed E-state index contributed by atoms with van der Waals surface area (Å²) in [6.07, 6.45) is 2.56. The van der Waals surface area contributed by atoms with Crippen LogP contribution in [-0.4, -0.2) is 35.8 Å². The predicted molar refractivity (Wildman–Crippen MR) is 80.7 cm³/mol. The molecule has 1 aromatic carbocycles. The minimum absolute atomic E-state index is 0.0510. The topological polar surface area (TPSA) is 71.5 Å². The number of aromatic carboxylic acids is 1. The lowest BCUT2D eigenvalue weighted by atomic mass is 10.1. The van der Waals surface area contributed by atoms with Crippen LogP contribution in [0.2, 0.25) is 0 Å². The Morgan fingerprint density at radius 2 is 2.19 bits per heavy atom. The minimum atomic E-state index is -1.02. The SMILES string of the molecule is O=C(O)c1cc2ccccc2c(NCCOCC2CC2)n1. The van der Waals surface area contributed by atoms with Crippen molar-refractivity contribution in [3.63, 3.8) is 0 Å². The fourth-order valence-electron chi connectivity index (χ4n) is 2.22. The predicted octanol–water partition coefficient (Wildman–Crippen LogP) is 2.77. The number of carboxylic acids is 1. The zero-order valence-electron chi connectivity index (χ0n) is 11.7. The van der Waals surface area contributed by atoms with Crippen LogP contribution in [0.4, 0.5) is 5.82 Å². The van der Waals surface area contributed by atoms with Gasteiger partial charge in [-0.1, -0.05) is 24.3 Å². The molecule has 1 aliphatic rings. The number of rotatable bonds is 7. The summed E-state index contributed by atoms with van der Waals surface area (Å²) in [5.41, 5.74) is 0.0510. The second-order valence-electron chi connectivity index (χ2n) is 5.33. The molecule has 5 nitrogen and oxygen atoms in total. The molecule has 0 amide bonds. The Balaban J connectivity index is 1.70. The average Bonchev–Trinajstić information content (AvgIpc) is 3.30. The van der Waals surface area contributed by atoms with Crippen LogP contribution in [0.15, 0.2) is 30.3 Å². The number of nitrogens with zero attached hydrogens (tertiary/aromatic N) is 1. The van der Waals surface area contributed by atoms with Crippen molar-refractivity contribution in [1.82, 2.24) is 4.98 Å². The Kier molecular flexibility index (Phi) is 4.01. The number of hydrogen-bond acceptors (Lipinski definition) is 4. The number of benzene rings is 1. The normalized spacial score (nSPS) is 14.3. The van der Waals surface area contributed by atoms with Gasteiger partial charge in [0.05, 0.1) is 6.61 Å². The molecule has 1 fully saturated rings. The van der Waals surface area contributed by atoms with Gasteiger partial charge < -0.3 is 15.2 Å². The highest BCUT2D eigenvalue weighted by Gasteiger charge is 2.20. The van der Waals surface area contributed by atoms with Crippen LogP contribution in [0.3, 0.4) is 0 Å². The van der Waals surface area contributed by atoms with Crippen LogP contribution in [0.25, 0.3) is 10.8 Å². The number of fused-ring (bicyclic) bond motifs is 1. The summed E-state index contributed by atoms with van der Waals surface area (Å²) in [5, 5.41) is 14.1. The van der Waals surface area contributed by atoms with Gasteiger partial charge in [-0.2, -0.15) is 0 Å². The van der Waals surface area contributed by atoms with Crippen molar-refractivity contribution in [3.8, 4) is 0 Å². The molecular formula is C16H18N2O3. The zero-order valence-corrected chi connectivity index (χ0v) is 11.7. The number of aromatic nitrogens is 1. The van der Waals surface area contributed by atoms with Gasteiger partial charge in [0.2, 0.25) is 0 Å². The highest BCUT2D eigenvalue weighted by Crippen LogP contribution is 2.28. The molecule has 0 saturated heterocycles. The van der Waals surface area contributed by atoms with Crippen molar-refractivity contribution in [3.05, 3.63) is 36.0 Å². The molecule has 110 valence electrons. The lowest BCUT2D eigenvalue weighted by Crippen LogP contribution is -2.13. The van der Waals surface area contributed by atoms with E-state index in [0.717, 1.165) is 23.3 Å². The zero-order chi connectivity index (χ0) is 14.7. The van der Waals surface area contributed by atoms with Gasteiger partial charge in [0.1, 0.15) is 5.82 Å². The largest absolute Gasteiger partial charge is 0.477 e. The number of anilines is 1. The highest BCUT2D eigenvalue weighted by atomic mass is 16.5. The summed E-state index contributed by atoms with van der Waals surface area (Å²) in [6.45, 7) is 2.04. The molecule has 0 unspecified atom stereocenters. The molecule has 0 aliphatic heterocycles. The van der Waals surface area contributed by atoms with Crippen molar-refractivity contribution < 1.29 is 14.6 Å². The molecule has 1 heterocycles. The van der Waals surface area contributed by atoms with Gasteiger partial charge >= 0.3 is 5.97 Å². The van der Waals surface area contributed by atoms with Crippen molar-refractivity contribution in [2.24, 2.45) is 5.92 Å². The van der Waals surface area contributed by atoms with E-state index in [9.17, 15) is 4.79 Å². The molecule has 0 bridgehead atoms. The molecule has 1 aromatic heterocycles. The fourth-order valence-corrected chi connectivity index (χ4v) is 2.22. The Bertz CT molecular complexity index is 653. The molecule has 2 N–H and O–H groups in total. The first-order valence-corrected chi connectivity index (χ1v) is 7.19. The first-order valence-electron chi connectivity index (χ1n) is 7.19. The van der Waals surface area contributed by atoms with Crippen LogP contribution in [0.1, 0.15) is 23.3 Å². The van der Waals surface area contributed by atoms with Crippen LogP contribution < -0.4 is 5.32 Å². The molecule has 0 spiro atoms. The van der Waals surface area contributed by atoms with E-state index in [-0.39, 0.29) is 5.69 Å². The standard InChI is InChI=1S/C16H18N2O3/c19-16(20)14-9-12-3-1-2-4-13(12)15(18-14)17-7-8-21-10-11-5-6-11/h1-4,9,11H,5-8,10H2,(H,17,18)(H,19,20). The van der Waals surface area contributed by atoms with Gasteiger partial charge in [-0.3, -0.25) is 0 Å². The second kappa shape index (κ2) is 6.10. The Morgan fingerprint density at radius 1 is 1.38 bits per heavy atom. The number of pyridine rings is 1. The molecule has 0 atom stereocenters. The van der Waals surface area contributed by atoms with Gasteiger partial charge in [-0.15, -0.1) is 0 Å². The third-order valence-corrected chi connectivity index (χ3v) is 3.55. The smallest absolute Gasteiger partial charge is 0.354 e. The molecule has 1 aliphatic carbocycles. The van der Waals surface area contributed by atoms with Crippen molar-refractivity contribution in [2.45, 2.75) is 12.8 Å². The van der Waals surface area contributed by atoms with Gasteiger partial charge in [-0.05, 0) is 30.2 Å². The van der Waals surface area contributed by atoms with Crippen molar-refractivity contribution in [1.29, 1.82) is 0 Å². The quantitative estimate of drug-likeness (QED) is 0.766. The van der Waals surface area contributed by atoms with Crippen molar-refractivity contribution >= 4 is 22.6 Å². The third kappa shape index (κ3) is 3.49. The first kappa shape index (κ1) is 13.8. The lowest BCUT2D eigenvalue weighted by molar-refractivity contribution is 0.0691. The average molecular weight is 286 g/mol. The number of carboxylic acid groups (broad SMARTS) is 1. The maximum absolute atomic E-state index is 11.1. The summed E-state index contributed by atoms with van der Waals surface area (Å²) in [6, 6.07) is 9.21. The van der Waals surface area contributed by atoms with Crippen molar-refractivity contribution in [2.75, 3.05) is 25.1 Å². The molecule has 21 heavy (non-hydrogen) atoms. The van der Waals surface area contributed by atoms with Gasteiger partial charge in [0.15, 0.2) is 5.69 Å². The molecule has 2 aromatic rings. The molecule has 3 rings (SSSR count). The van der Waals surface area contributed by atoms with Gasteiger partial charge in [-0.25, -0.2) is 9.78 Å². The van der Waals surface area contributed by atoms with E-state index >= 15 is 0 Å². The second-order valence-corrected chi connectivity index (χ2v) is 5.33. The van der Waals surface area contributed by atoms with Gasteiger partial charge in [0, 0.05) is 18.5 Å². The maximum Gasteiger partial charge on any atom is 0.354 e. The molecule has 0 radical (unpaired) electrons. The number of carbonyl (C=O) groups is 1. The number of ether oxygens (including phenoxy) is 1. The number of hydrogen-bond donors (Lipinski definition) is 2. The van der Waals surface area contributed by atoms with E-state index in [1.54, 1.807) is 6.07 Å². The van der Waals surface area contributed by atoms with Crippen LogP contribution >= 0.6 is 0 Å². The highest BCUT2D eigenvalue weighted by molar-refractivity contribution is 5.97. The maximum atomic E-state index is 11.1. The fraction of sp³-hybridized carbons (Fsp3) is 0.375. The summed E-state index contributed by atoms with van der Waals surface area (Å²) < 4.78 is 5.56. The molecule has 5 heteroatoms. The summed E-state index contributed by atoms with van der Waals surface area (Å²) in [4.78, 5) is 15.3. The summed E-state index contributed by atoms with van der Waals surface area (Å²) in [5.74, 6) is 0.327. The summed E-state index contributed by atoms with van der Waals surface area (Å²) >= 11 is 0. The third-order valence-electron chi connectivity index (χ3n) is 3.55. The Labute approximate surface area is 123 Å². The van der Waals surface area contributed by atoms with E-state index in [1.165, 1.54) is 12.8 Å². The van der Waals surface area contributed by atoms with E-state index in [0.29, 0.717) is 19.0 Å². The monoisotopic (exact) mass is 286 g/mol. The van der Waals surface area contributed by atoms with Gasteiger partial charge in [0.25, 0.3) is 0 Å². The first-order chi connectivity index (χ1) is 10.2. The molecule has 1 saturated carbocycles. The van der Waals surface area contributed by atoms with Crippen LogP contribution in [-0.2, 0) is 4.74 Å². The van der Waals surface area contributed by atoms with Crippen LogP contribution in [0.5, 0.6) is 0 Å². The van der Waals surface area contributed by atoms with E-state index in [4.69, 9.17) is 9.84 Å². The Morgan fingerprint density at radius 3 is 2.95 bits per heavy atom. The Hall–Kier alpha value is -2.14. The number of nitrogens with one attached hydrogen (secondary N) is 1.